The van der Waals surface area contributed by atoms with E-state index in [-0.39, 0.29) is 11.9 Å². The van der Waals surface area contributed by atoms with Gasteiger partial charge in [-0.15, -0.1) is 0 Å². The smallest absolute Gasteiger partial charge is 0.338 e. The Labute approximate surface area is 209 Å². The van der Waals surface area contributed by atoms with Crippen LogP contribution in [0.15, 0.2) is 72.8 Å². The van der Waals surface area contributed by atoms with Crippen LogP contribution in [-0.2, 0) is 9.47 Å². The Morgan fingerprint density at radius 2 is 1.03 bits per heavy atom. The van der Waals surface area contributed by atoms with E-state index in [0.717, 1.165) is 35.2 Å². The van der Waals surface area contributed by atoms with E-state index in [0.29, 0.717) is 36.0 Å². The average Bonchev–Trinajstić information content (AvgIpc) is 2.91. The molecule has 0 saturated heterocycles. The number of rotatable bonds is 10. The summed E-state index contributed by atoms with van der Waals surface area (Å²) < 4.78 is 10.4. The van der Waals surface area contributed by atoms with Crippen molar-refractivity contribution in [1.29, 1.82) is 0 Å². The zero-order valence-electron chi connectivity index (χ0n) is 20.3. The van der Waals surface area contributed by atoms with Crippen LogP contribution in [0.4, 0.5) is 23.0 Å². The third kappa shape index (κ3) is 6.15. The van der Waals surface area contributed by atoms with Crippen LogP contribution in [0, 0.1) is 0 Å². The predicted octanol–water partition coefficient (Wildman–Crippen LogP) is 6.25. The number of nitrogens with zero attached hydrogens (tertiary/aromatic N) is 2. The molecule has 36 heavy (non-hydrogen) atoms. The fourth-order valence-electron chi connectivity index (χ4n) is 3.38. The molecule has 1 heterocycles. The molecule has 1 aromatic heterocycles. The van der Waals surface area contributed by atoms with E-state index < -0.39 is 0 Å². The molecule has 0 radical (unpaired) electrons. The van der Waals surface area contributed by atoms with Crippen LogP contribution in [0.5, 0.6) is 0 Å². The molecule has 0 atom stereocenters. The number of hydrogen-bond acceptors (Lipinski definition) is 8. The first-order valence-corrected chi connectivity index (χ1v) is 11.9. The van der Waals surface area contributed by atoms with Gasteiger partial charge in [0.25, 0.3) is 0 Å². The van der Waals surface area contributed by atoms with E-state index in [9.17, 15) is 9.59 Å². The molecule has 0 fully saturated rings. The van der Waals surface area contributed by atoms with Crippen molar-refractivity contribution in [1.82, 2.24) is 9.97 Å². The highest BCUT2D eigenvalue weighted by Gasteiger charge is 2.12. The zero-order valence-corrected chi connectivity index (χ0v) is 20.3. The molecule has 8 heteroatoms. The highest BCUT2D eigenvalue weighted by Crippen LogP contribution is 2.28. The van der Waals surface area contributed by atoms with Gasteiger partial charge < -0.3 is 20.1 Å². The molecular weight excluding hydrogens is 456 g/mol. The number of anilines is 4. The van der Waals surface area contributed by atoms with Gasteiger partial charge in [0.1, 0.15) is 0 Å². The standard InChI is InChI=1S/C28H28N4O4/c1-3-17-35-27(33)19-9-13-21(14-10-19)29-25-26(32-24-8-6-5-7-23(24)31-25)30-22-15-11-20(12-16-22)28(34)36-18-4-2/h5-16H,3-4,17-18H2,1-2H3,(H,29,31)(H,30,32). The Kier molecular flexibility index (Phi) is 8.08. The predicted molar refractivity (Wildman–Crippen MR) is 140 cm³/mol. The Balaban J connectivity index is 1.57. The van der Waals surface area contributed by atoms with Crippen molar-refractivity contribution in [3.63, 3.8) is 0 Å². The third-order valence-corrected chi connectivity index (χ3v) is 5.21. The summed E-state index contributed by atoms with van der Waals surface area (Å²) in [5, 5.41) is 6.57. The first-order valence-electron chi connectivity index (χ1n) is 11.9. The van der Waals surface area contributed by atoms with E-state index in [2.05, 4.69) is 10.6 Å². The fourth-order valence-corrected chi connectivity index (χ4v) is 3.38. The fraction of sp³-hybridized carbons (Fsp3) is 0.214. The lowest BCUT2D eigenvalue weighted by atomic mass is 10.2. The molecule has 2 N–H and O–H groups in total. The zero-order chi connectivity index (χ0) is 25.3. The first-order chi connectivity index (χ1) is 17.6. The number of benzene rings is 3. The Bertz CT molecular complexity index is 1230. The second kappa shape index (κ2) is 11.8. The number of ether oxygens (including phenoxy) is 2. The summed E-state index contributed by atoms with van der Waals surface area (Å²) in [7, 11) is 0. The summed E-state index contributed by atoms with van der Waals surface area (Å²) >= 11 is 0. The van der Waals surface area contributed by atoms with Gasteiger partial charge in [0, 0.05) is 11.4 Å². The summed E-state index contributed by atoms with van der Waals surface area (Å²) in [6, 6.07) is 21.6. The molecule has 0 aliphatic carbocycles. The largest absolute Gasteiger partial charge is 0.462 e. The van der Waals surface area contributed by atoms with Crippen molar-refractivity contribution in [3.8, 4) is 0 Å². The molecule has 8 nitrogen and oxygen atoms in total. The van der Waals surface area contributed by atoms with E-state index >= 15 is 0 Å². The number of carbonyl (C=O) groups excluding carboxylic acids is 2. The van der Waals surface area contributed by atoms with Crippen molar-refractivity contribution in [2.24, 2.45) is 0 Å². The molecule has 0 saturated carbocycles. The van der Waals surface area contributed by atoms with Crippen molar-refractivity contribution >= 4 is 46.0 Å². The summed E-state index contributed by atoms with van der Waals surface area (Å²) in [6.07, 6.45) is 1.54. The monoisotopic (exact) mass is 484 g/mol. The molecule has 3 aromatic carbocycles. The van der Waals surface area contributed by atoms with Gasteiger partial charge in [-0.1, -0.05) is 26.0 Å². The summed E-state index contributed by atoms with van der Waals surface area (Å²) in [5.74, 6) is 0.333. The van der Waals surface area contributed by atoms with Gasteiger partial charge in [0.05, 0.1) is 35.4 Å². The summed E-state index contributed by atoms with van der Waals surface area (Å²) in [6.45, 7) is 4.68. The van der Waals surface area contributed by atoms with E-state index in [1.807, 2.05) is 38.1 Å². The van der Waals surface area contributed by atoms with Gasteiger partial charge in [-0.05, 0) is 73.5 Å². The lowest BCUT2D eigenvalue weighted by Gasteiger charge is -2.14. The first kappa shape index (κ1) is 24.7. The number of nitrogens with one attached hydrogen (secondary N) is 2. The van der Waals surface area contributed by atoms with Crippen LogP contribution < -0.4 is 10.6 Å². The maximum absolute atomic E-state index is 12.1. The van der Waals surface area contributed by atoms with E-state index in [1.165, 1.54) is 0 Å². The van der Waals surface area contributed by atoms with Crippen molar-refractivity contribution < 1.29 is 19.1 Å². The number of esters is 2. The van der Waals surface area contributed by atoms with Gasteiger partial charge in [-0.2, -0.15) is 0 Å². The molecule has 4 aromatic rings. The van der Waals surface area contributed by atoms with Crippen LogP contribution in [0.25, 0.3) is 11.0 Å². The highest BCUT2D eigenvalue weighted by molar-refractivity contribution is 5.91. The van der Waals surface area contributed by atoms with Crippen molar-refractivity contribution in [3.05, 3.63) is 83.9 Å². The third-order valence-electron chi connectivity index (χ3n) is 5.21. The van der Waals surface area contributed by atoms with Crippen molar-refractivity contribution in [2.45, 2.75) is 26.7 Å². The SMILES string of the molecule is CCCOC(=O)c1ccc(Nc2nc3ccccc3nc2Nc2ccc(C(=O)OCCC)cc2)cc1. The van der Waals surface area contributed by atoms with Crippen LogP contribution in [-0.4, -0.2) is 35.1 Å². The van der Waals surface area contributed by atoms with Gasteiger partial charge >= 0.3 is 11.9 Å². The molecule has 0 aliphatic rings. The summed E-state index contributed by atoms with van der Waals surface area (Å²) in [4.78, 5) is 33.7. The molecule has 0 unspecified atom stereocenters. The highest BCUT2D eigenvalue weighted by atomic mass is 16.5. The maximum atomic E-state index is 12.1. The van der Waals surface area contributed by atoms with Crippen LogP contribution >= 0.6 is 0 Å². The average molecular weight is 485 g/mol. The van der Waals surface area contributed by atoms with Gasteiger partial charge in [0.15, 0.2) is 11.6 Å². The second-order valence-electron chi connectivity index (χ2n) is 8.09. The minimum atomic E-state index is -0.349. The molecule has 0 bridgehead atoms. The normalized spacial score (nSPS) is 10.6. The van der Waals surface area contributed by atoms with E-state index in [1.54, 1.807) is 48.5 Å². The van der Waals surface area contributed by atoms with Gasteiger partial charge in [0.2, 0.25) is 0 Å². The Hall–Kier alpha value is -4.46. The van der Waals surface area contributed by atoms with Crippen LogP contribution in [0.3, 0.4) is 0 Å². The molecule has 0 amide bonds. The second-order valence-corrected chi connectivity index (χ2v) is 8.09. The van der Waals surface area contributed by atoms with Crippen LogP contribution in [0.1, 0.15) is 47.4 Å². The minimum absolute atomic E-state index is 0.349. The van der Waals surface area contributed by atoms with Gasteiger partial charge in [-0.25, -0.2) is 19.6 Å². The number of hydrogen-bond donors (Lipinski definition) is 2. The lowest BCUT2D eigenvalue weighted by molar-refractivity contribution is 0.0496. The molecule has 4 rings (SSSR count). The minimum Gasteiger partial charge on any atom is -0.462 e. The lowest BCUT2D eigenvalue weighted by Crippen LogP contribution is -2.07. The Morgan fingerprint density at radius 3 is 1.39 bits per heavy atom. The van der Waals surface area contributed by atoms with Crippen molar-refractivity contribution in [2.75, 3.05) is 23.8 Å². The summed E-state index contributed by atoms with van der Waals surface area (Å²) in [5.41, 5.74) is 3.91. The number of para-hydroxylation sites is 2. The molecule has 0 aliphatic heterocycles. The van der Waals surface area contributed by atoms with Gasteiger partial charge in [-0.3, -0.25) is 0 Å². The molecular formula is C28H28N4O4. The maximum Gasteiger partial charge on any atom is 0.338 e. The van der Waals surface area contributed by atoms with E-state index in [4.69, 9.17) is 19.4 Å². The number of carbonyl (C=O) groups is 2. The molecule has 0 spiro atoms. The number of aromatic nitrogens is 2. The van der Waals surface area contributed by atoms with Crippen LogP contribution in [0.2, 0.25) is 0 Å². The Morgan fingerprint density at radius 1 is 0.639 bits per heavy atom. The molecule has 184 valence electrons. The number of fused-ring (bicyclic) bond motifs is 1. The topological polar surface area (TPSA) is 102 Å². The quantitative estimate of drug-likeness (QED) is 0.255.